The molecule has 2 aromatic carbocycles. The Morgan fingerprint density at radius 3 is 2.45 bits per heavy atom. The summed E-state index contributed by atoms with van der Waals surface area (Å²) in [6.45, 7) is 5.78. The number of carbonyl (C=O) groups is 1. The van der Waals surface area contributed by atoms with Gasteiger partial charge in [0.1, 0.15) is 11.6 Å². The molecular formula is C23H19Cl2N3O. The number of para-hydroxylation sites is 1. The zero-order chi connectivity index (χ0) is 21.1. The van der Waals surface area contributed by atoms with Crippen LogP contribution in [0.4, 0.5) is 5.69 Å². The van der Waals surface area contributed by atoms with Gasteiger partial charge in [0.15, 0.2) is 0 Å². The summed E-state index contributed by atoms with van der Waals surface area (Å²) in [5.41, 5.74) is 5.11. The highest BCUT2D eigenvalue weighted by molar-refractivity contribution is 6.42. The van der Waals surface area contributed by atoms with Crippen LogP contribution >= 0.6 is 23.2 Å². The Hall–Kier alpha value is -3.00. The third-order valence-corrected chi connectivity index (χ3v) is 5.43. The molecule has 0 fully saturated rings. The number of nitrogens with one attached hydrogen (secondary N) is 1. The van der Waals surface area contributed by atoms with Gasteiger partial charge in [-0.2, -0.15) is 5.26 Å². The highest BCUT2D eigenvalue weighted by Gasteiger charge is 2.15. The first kappa shape index (κ1) is 20.7. The topological polar surface area (TPSA) is 57.8 Å². The molecule has 0 bridgehead atoms. The van der Waals surface area contributed by atoms with E-state index in [1.165, 1.54) is 0 Å². The first-order valence-electron chi connectivity index (χ1n) is 8.95. The second-order valence-corrected chi connectivity index (χ2v) is 7.51. The highest BCUT2D eigenvalue weighted by Crippen LogP contribution is 2.28. The van der Waals surface area contributed by atoms with Crippen LogP contribution in [-0.2, 0) is 4.79 Å². The zero-order valence-electron chi connectivity index (χ0n) is 16.3. The molecule has 0 atom stereocenters. The van der Waals surface area contributed by atoms with Crippen LogP contribution < -0.4 is 5.32 Å². The lowest BCUT2D eigenvalue weighted by Gasteiger charge is -2.11. The van der Waals surface area contributed by atoms with E-state index >= 15 is 0 Å². The second kappa shape index (κ2) is 8.57. The Labute approximate surface area is 180 Å². The van der Waals surface area contributed by atoms with Gasteiger partial charge >= 0.3 is 0 Å². The second-order valence-electron chi connectivity index (χ2n) is 6.70. The third kappa shape index (κ3) is 4.37. The number of aromatic nitrogens is 1. The Morgan fingerprint density at radius 2 is 1.79 bits per heavy atom. The van der Waals surface area contributed by atoms with Gasteiger partial charge in [0.2, 0.25) is 0 Å². The number of aryl methyl sites for hydroxylation is 2. The van der Waals surface area contributed by atoms with Gasteiger partial charge < -0.3 is 9.88 Å². The van der Waals surface area contributed by atoms with Crippen molar-refractivity contribution in [2.24, 2.45) is 0 Å². The van der Waals surface area contributed by atoms with Crippen molar-refractivity contribution in [1.29, 1.82) is 5.26 Å². The summed E-state index contributed by atoms with van der Waals surface area (Å²) in [6, 6.07) is 16.8. The average Bonchev–Trinajstić information content (AvgIpc) is 2.97. The molecule has 0 aliphatic rings. The van der Waals surface area contributed by atoms with Gasteiger partial charge in [0.25, 0.3) is 5.91 Å². The van der Waals surface area contributed by atoms with E-state index in [4.69, 9.17) is 23.2 Å². The van der Waals surface area contributed by atoms with Crippen molar-refractivity contribution in [3.63, 3.8) is 0 Å². The molecule has 3 rings (SSSR count). The summed E-state index contributed by atoms with van der Waals surface area (Å²) >= 11 is 12.2. The van der Waals surface area contributed by atoms with E-state index in [1.807, 2.05) is 61.7 Å². The minimum Gasteiger partial charge on any atom is -0.321 e. The molecule has 0 saturated heterocycles. The fourth-order valence-corrected chi connectivity index (χ4v) is 3.45. The molecule has 6 heteroatoms. The molecule has 146 valence electrons. The molecule has 1 heterocycles. The number of hydrogen-bond donors (Lipinski definition) is 1. The van der Waals surface area contributed by atoms with Gasteiger partial charge in [-0.3, -0.25) is 4.79 Å². The SMILES string of the molecule is Cc1ccccc1NC(=O)C(C#N)=Cc1cc(C)n(-c2ccc(Cl)c(Cl)c2)c1C. The Kier molecular flexibility index (Phi) is 6.12. The summed E-state index contributed by atoms with van der Waals surface area (Å²) in [5, 5.41) is 13.3. The lowest BCUT2D eigenvalue weighted by molar-refractivity contribution is -0.112. The fraction of sp³-hybridized carbons (Fsp3) is 0.130. The number of nitrogens with zero attached hydrogens (tertiary/aromatic N) is 2. The minimum absolute atomic E-state index is 0.0302. The first-order chi connectivity index (χ1) is 13.8. The monoisotopic (exact) mass is 423 g/mol. The summed E-state index contributed by atoms with van der Waals surface area (Å²) in [4.78, 5) is 12.6. The maximum Gasteiger partial charge on any atom is 0.266 e. The summed E-state index contributed by atoms with van der Waals surface area (Å²) in [7, 11) is 0. The maximum atomic E-state index is 12.6. The Morgan fingerprint density at radius 1 is 1.07 bits per heavy atom. The van der Waals surface area contributed by atoms with E-state index in [9.17, 15) is 10.1 Å². The van der Waals surface area contributed by atoms with Crippen LogP contribution in [0.2, 0.25) is 10.0 Å². The molecule has 29 heavy (non-hydrogen) atoms. The number of rotatable bonds is 4. The van der Waals surface area contributed by atoms with Crippen LogP contribution in [0, 0.1) is 32.1 Å². The van der Waals surface area contributed by atoms with Crippen LogP contribution in [0.1, 0.15) is 22.5 Å². The van der Waals surface area contributed by atoms with Crippen molar-refractivity contribution < 1.29 is 4.79 Å². The smallest absolute Gasteiger partial charge is 0.266 e. The lowest BCUT2D eigenvalue weighted by Crippen LogP contribution is -2.14. The third-order valence-electron chi connectivity index (χ3n) is 4.69. The van der Waals surface area contributed by atoms with Crippen LogP contribution in [0.5, 0.6) is 0 Å². The summed E-state index contributed by atoms with van der Waals surface area (Å²) in [6.07, 6.45) is 1.60. The average molecular weight is 424 g/mol. The van der Waals surface area contributed by atoms with E-state index in [1.54, 1.807) is 24.3 Å². The predicted molar refractivity (Wildman–Crippen MR) is 119 cm³/mol. The maximum absolute atomic E-state index is 12.6. The van der Waals surface area contributed by atoms with E-state index < -0.39 is 5.91 Å². The molecule has 0 unspecified atom stereocenters. The number of benzene rings is 2. The molecular weight excluding hydrogens is 405 g/mol. The normalized spacial score (nSPS) is 11.2. The number of anilines is 1. The zero-order valence-corrected chi connectivity index (χ0v) is 17.8. The van der Waals surface area contributed by atoms with Gasteiger partial charge in [-0.25, -0.2) is 0 Å². The molecule has 1 amide bonds. The molecule has 3 aromatic rings. The molecule has 1 N–H and O–H groups in total. The molecule has 0 radical (unpaired) electrons. The molecule has 4 nitrogen and oxygen atoms in total. The largest absolute Gasteiger partial charge is 0.321 e. The number of halogens is 2. The van der Waals surface area contributed by atoms with E-state index in [2.05, 4.69) is 5.32 Å². The van der Waals surface area contributed by atoms with E-state index in [0.29, 0.717) is 15.7 Å². The standard InChI is InChI=1S/C23H19Cl2N3O/c1-14-6-4-5-7-22(14)27-23(29)18(13-26)11-17-10-15(2)28(16(17)3)19-8-9-20(24)21(25)12-19/h4-12H,1-3H3,(H,27,29). The van der Waals surface area contributed by atoms with Crippen molar-refractivity contribution in [3.05, 3.63) is 86.7 Å². The van der Waals surface area contributed by atoms with Crippen LogP contribution in [0.15, 0.2) is 54.1 Å². The number of nitriles is 1. The predicted octanol–water partition coefficient (Wildman–Crippen LogP) is 6.26. The highest BCUT2D eigenvalue weighted by atomic mass is 35.5. The molecule has 1 aromatic heterocycles. The lowest BCUT2D eigenvalue weighted by atomic mass is 10.1. The molecule has 0 aliphatic heterocycles. The van der Waals surface area contributed by atoms with Gasteiger partial charge in [0.05, 0.1) is 10.0 Å². The van der Waals surface area contributed by atoms with E-state index in [0.717, 1.165) is 28.2 Å². The van der Waals surface area contributed by atoms with Gasteiger partial charge in [0, 0.05) is 22.8 Å². The van der Waals surface area contributed by atoms with E-state index in [-0.39, 0.29) is 5.57 Å². The fourth-order valence-electron chi connectivity index (χ4n) is 3.16. The van der Waals surface area contributed by atoms with Gasteiger partial charge in [-0.1, -0.05) is 41.4 Å². The van der Waals surface area contributed by atoms with Gasteiger partial charge in [-0.05, 0) is 68.3 Å². The van der Waals surface area contributed by atoms with Crippen LogP contribution in [-0.4, -0.2) is 10.5 Å². The van der Waals surface area contributed by atoms with Gasteiger partial charge in [-0.15, -0.1) is 0 Å². The Bertz CT molecular complexity index is 1170. The van der Waals surface area contributed by atoms with Crippen molar-refractivity contribution >= 4 is 40.9 Å². The molecule has 0 saturated carbocycles. The van der Waals surface area contributed by atoms with Crippen molar-refractivity contribution in [3.8, 4) is 11.8 Å². The van der Waals surface area contributed by atoms with Crippen molar-refractivity contribution in [2.75, 3.05) is 5.32 Å². The van der Waals surface area contributed by atoms with Crippen molar-refractivity contribution in [1.82, 2.24) is 4.57 Å². The number of amides is 1. The quantitative estimate of drug-likeness (QED) is 0.397. The Balaban J connectivity index is 1.96. The summed E-state index contributed by atoms with van der Waals surface area (Å²) < 4.78 is 2.00. The summed E-state index contributed by atoms with van der Waals surface area (Å²) in [5.74, 6) is -0.443. The molecule has 0 spiro atoms. The first-order valence-corrected chi connectivity index (χ1v) is 9.70. The minimum atomic E-state index is -0.443. The van der Waals surface area contributed by atoms with Crippen molar-refractivity contribution in [2.45, 2.75) is 20.8 Å². The number of carbonyl (C=O) groups excluding carboxylic acids is 1. The van der Waals surface area contributed by atoms with Crippen LogP contribution in [0.25, 0.3) is 11.8 Å². The number of hydrogen-bond acceptors (Lipinski definition) is 2. The van der Waals surface area contributed by atoms with Crippen LogP contribution in [0.3, 0.4) is 0 Å². The molecule has 0 aliphatic carbocycles.